The molecule has 0 bridgehead atoms. The molecule has 1 fully saturated rings. The van der Waals surface area contributed by atoms with E-state index in [1.807, 2.05) is 24.3 Å². The van der Waals surface area contributed by atoms with Crippen molar-refractivity contribution in [1.82, 2.24) is 20.2 Å². The maximum atomic E-state index is 12.0. The van der Waals surface area contributed by atoms with Crippen molar-refractivity contribution >= 4 is 28.0 Å². The van der Waals surface area contributed by atoms with Gasteiger partial charge in [-0.15, -0.1) is 0 Å². The number of carbonyl (C=O) groups excluding carboxylic acids is 1. The number of hydrogen-bond donors (Lipinski definition) is 2. The number of nitrogens with zero attached hydrogens (tertiary/aromatic N) is 4. The highest BCUT2D eigenvalue weighted by molar-refractivity contribution is 9.10. The quantitative estimate of drug-likeness (QED) is 0.519. The number of aliphatic hydroxyl groups is 1. The summed E-state index contributed by atoms with van der Waals surface area (Å²) in [5.41, 5.74) is 2.94. The molecule has 2 aromatic rings. The molecular weight excluding hydrogens is 482 g/mol. The van der Waals surface area contributed by atoms with E-state index in [1.54, 1.807) is 6.33 Å². The summed E-state index contributed by atoms with van der Waals surface area (Å²) in [5, 5.41) is 14.0. The monoisotopic (exact) mass is 515 g/mol. The van der Waals surface area contributed by atoms with Crippen LogP contribution < -0.4 is 10.2 Å². The molecule has 4 atom stereocenters. The fraction of sp³-hybridized carbons (Fsp3) is 0.560. The van der Waals surface area contributed by atoms with Crippen LogP contribution in [0.1, 0.15) is 68.4 Å². The van der Waals surface area contributed by atoms with Gasteiger partial charge in [0.1, 0.15) is 18.4 Å². The lowest BCUT2D eigenvalue weighted by molar-refractivity contribution is -0.109. The molecule has 1 aliphatic heterocycles. The van der Waals surface area contributed by atoms with Gasteiger partial charge in [-0.1, -0.05) is 35.0 Å². The van der Waals surface area contributed by atoms with Crippen LogP contribution in [-0.4, -0.2) is 64.6 Å². The summed E-state index contributed by atoms with van der Waals surface area (Å²) in [6.07, 6.45) is 3.72. The Kier molecular flexibility index (Phi) is 7.79. The molecule has 0 spiro atoms. The van der Waals surface area contributed by atoms with Crippen LogP contribution in [0, 0.1) is 0 Å². The number of aliphatic hydroxyl groups excluding tert-OH is 1. The first-order valence-corrected chi connectivity index (χ1v) is 12.6. The molecule has 4 rings (SSSR count). The fourth-order valence-electron chi connectivity index (χ4n) is 5.13. The molecular formula is C25H34BrN5O2. The minimum atomic E-state index is -0.489. The molecule has 0 amide bonds. The molecule has 2 N–H and O–H groups in total. The van der Waals surface area contributed by atoms with Gasteiger partial charge in [0, 0.05) is 48.2 Å². The van der Waals surface area contributed by atoms with Crippen molar-refractivity contribution in [1.29, 1.82) is 0 Å². The van der Waals surface area contributed by atoms with Gasteiger partial charge in [0.05, 0.1) is 18.0 Å². The predicted octanol–water partition coefficient (Wildman–Crippen LogP) is 3.60. The first-order valence-electron chi connectivity index (χ1n) is 11.9. The second-order valence-electron chi connectivity index (χ2n) is 9.54. The zero-order valence-electron chi connectivity index (χ0n) is 19.6. The third-order valence-corrected chi connectivity index (χ3v) is 7.33. The van der Waals surface area contributed by atoms with E-state index in [9.17, 15) is 9.90 Å². The summed E-state index contributed by atoms with van der Waals surface area (Å²) in [7, 11) is 0. The minimum absolute atomic E-state index is 0.114. The van der Waals surface area contributed by atoms with Crippen molar-refractivity contribution in [3.63, 3.8) is 0 Å². The average molecular weight is 516 g/mol. The van der Waals surface area contributed by atoms with Crippen LogP contribution in [-0.2, 0) is 4.79 Å². The number of nitrogens with one attached hydrogen (secondary N) is 1. The van der Waals surface area contributed by atoms with Gasteiger partial charge in [0.2, 0.25) is 0 Å². The van der Waals surface area contributed by atoms with Crippen LogP contribution in [0.15, 0.2) is 35.1 Å². The zero-order chi connectivity index (χ0) is 23.5. The summed E-state index contributed by atoms with van der Waals surface area (Å²) in [4.78, 5) is 25.7. The van der Waals surface area contributed by atoms with Crippen LogP contribution in [0.2, 0.25) is 0 Å². The predicted molar refractivity (Wildman–Crippen MR) is 133 cm³/mol. The smallest absolute Gasteiger partial charge is 0.135 e. The number of benzene rings is 1. The first kappa shape index (κ1) is 24.3. The van der Waals surface area contributed by atoms with E-state index in [1.165, 1.54) is 0 Å². The maximum Gasteiger partial charge on any atom is 0.135 e. The molecule has 7 nitrogen and oxygen atoms in total. The summed E-state index contributed by atoms with van der Waals surface area (Å²) in [5.74, 6) is 1.08. The zero-order valence-corrected chi connectivity index (χ0v) is 21.2. The second-order valence-corrected chi connectivity index (χ2v) is 10.5. The highest BCUT2D eigenvalue weighted by atomic mass is 79.9. The molecule has 1 aliphatic carbocycles. The van der Waals surface area contributed by atoms with Crippen molar-refractivity contribution in [2.75, 3.05) is 31.1 Å². The molecule has 2 heterocycles. The number of hydrogen-bond acceptors (Lipinski definition) is 7. The summed E-state index contributed by atoms with van der Waals surface area (Å²) in [6, 6.07) is 8.36. The summed E-state index contributed by atoms with van der Waals surface area (Å²) < 4.78 is 1.02. The molecule has 1 saturated heterocycles. The van der Waals surface area contributed by atoms with Crippen molar-refractivity contribution in [2.45, 2.75) is 63.8 Å². The Balaban J connectivity index is 1.46. The van der Waals surface area contributed by atoms with Crippen LogP contribution in [0.5, 0.6) is 0 Å². The van der Waals surface area contributed by atoms with Crippen LogP contribution in [0.3, 0.4) is 0 Å². The second kappa shape index (κ2) is 10.6. The van der Waals surface area contributed by atoms with Crippen molar-refractivity contribution < 1.29 is 9.90 Å². The number of rotatable bonds is 8. The Morgan fingerprint density at radius 1 is 1.18 bits per heavy atom. The lowest BCUT2D eigenvalue weighted by Crippen LogP contribution is -2.56. The average Bonchev–Trinajstić information content (AvgIpc) is 3.11. The number of halogens is 1. The van der Waals surface area contributed by atoms with Gasteiger partial charge < -0.3 is 14.8 Å². The van der Waals surface area contributed by atoms with E-state index in [0.717, 1.165) is 66.0 Å². The largest absolute Gasteiger partial charge is 0.387 e. The molecule has 0 saturated carbocycles. The number of anilines is 1. The lowest BCUT2D eigenvalue weighted by Gasteiger charge is -2.42. The number of aldehydes is 1. The molecule has 33 heavy (non-hydrogen) atoms. The van der Waals surface area contributed by atoms with Gasteiger partial charge in [-0.25, -0.2) is 9.97 Å². The third-order valence-electron chi connectivity index (χ3n) is 6.80. The van der Waals surface area contributed by atoms with Crippen molar-refractivity contribution in [2.24, 2.45) is 0 Å². The van der Waals surface area contributed by atoms with Crippen molar-refractivity contribution in [3.8, 4) is 0 Å². The SMILES string of the molecule is CC(C)NC(CC(C=O)c1ccc(Br)cc1)N1CCN(c2ncnc3c2[C@H](C)C[C@H]3O)CC1. The number of carbonyl (C=O) groups is 1. The van der Waals surface area contributed by atoms with Crippen LogP contribution in [0.4, 0.5) is 5.82 Å². The summed E-state index contributed by atoms with van der Waals surface area (Å²) >= 11 is 3.48. The molecule has 1 aromatic heterocycles. The van der Waals surface area contributed by atoms with Crippen molar-refractivity contribution in [3.05, 3.63) is 51.9 Å². The van der Waals surface area contributed by atoms with Crippen LogP contribution >= 0.6 is 15.9 Å². The highest BCUT2D eigenvalue weighted by Gasteiger charge is 2.34. The van der Waals surface area contributed by atoms with Gasteiger partial charge in [0.15, 0.2) is 0 Å². The molecule has 0 radical (unpaired) electrons. The van der Waals surface area contributed by atoms with Gasteiger partial charge >= 0.3 is 0 Å². The Morgan fingerprint density at radius 2 is 1.88 bits per heavy atom. The standard InChI is InChI=1S/C25H34BrN5O2/c1-16(2)29-22(13-19(14-32)18-4-6-20(26)7-5-18)30-8-10-31(11-9-30)25-23-17(3)12-21(33)24(23)27-15-28-25/h4-7,14-17,19,21-22,29,33H,8-13H2,1-3H3/t17-,19?,21-,22?/m1/s1. The number of fused-ring (bicyclic) bond motifs is 1. The Hall–Kier alpha value is -1.87. The number of aromatic nitrogens is 2. The molecule has 178 valence electrons. The van der Waals surface area contributed by atoms with E-state index in [-0.39, 0.29) is 18.0 Å². The van der Waals surface area contributed by atoms with Gasteiger partial charge in [-0.2, -0.15) is 0 Å². The van der Waals surface area contributed by atoms with E-state index >= 15 is 0 Å². The number of piperazine rings is 1. The topological polar surface area (TPSA) is 81.6 Å². The normalized spacial score (nSPS) is 22.9. The van der Waals surface area contributed by atoms with E-state index in [4.69, 9.17) is 0 Å². The Morgan fingerprint density at radius 3 is 2.52 bits per heavy atom. The summed E-state index contributed by atoms with van der Waals surface area (Å²) in [6.45, 7) is 9.91. The molecule has 2 unspecified atom stereocenters. The first-order chi connectivity index (χ1) is 15.9. The molecule has 1 aromatic carbocycles. The lowest BCUT2D eigenvalue weighted by atomic mass is 9.95. The van der Waals surface area contributed by atoms with Crippen LogP contribution in [0.25, 0.3) is 0 Å². The minimum Gasteiger partial charge on any atom is -0.387 e. The van der Waals surface area contributed by atoms with Gasteiger partial charge in [0.25, 0.3) is 0 Å². The van der Waals surface area contributed by atoms with Gasteiger partial charge in [-0.3, -0.25) is 10.2 Å². The molecule has 8 heteroatoms. The Labute approximate surface area is 204 Å². The van der Waals surface area contributed by atoms with E-state index < -0.39 is 6.10 Å². The van der Waals surface area contributed by atoms with E-state index in [0.29, 0.717) is 12.5 Å². The molecule has 2 aliphatic rings. The maximum absolute atomic E-state index is 12.0. The fourth-order valence-corrected chi connectivity index (χ4v) is 5.39. The Bertz CT molecular complexity index is 946. The third kappa shape index (κ3) is 5.45. The van der Waals surface area contributed by atoms with E-state index in [2.05, 4.69) is 61.8 Å². The van der Waals surface area contributed by atoms with Gasteiger partial charge in [-0.05, 0) is 50.3 Å². The highest BCUT2D eigenvalue weighted by Crippen LogP contribution is 2.42.